The van der Waals surface area contributed by atoms with Crippen LogP contribution in [0, 0.1) is 59.2 Å². The molecule has 12 fully saturated rings. The van der Waals surface area contributed by atoms with Crippen molar-refractivity contribution in [3.63, 3.8) is 0 Å². The van der Waals surface area contributed by atoms with Gasteiger partial charge in [-0.15, -0.1) is 0 Å². The summed E-state index contributed by atoms with van der Waals surface area (Å²) in [5.74, 6) is -0.732. The van der Waals surface area contributed by atoms with Crippen LogP contribution in [0.5, 0.6) is 0 Å². The number of sulfone groups is 1. The summed E-state index contributed by atoms with van der Waals surface area (Å²) < 4.78 is 74.7. The van der Waals surface area contributed by atoms with Crippen LogP contribution in [0.15, 0.2) is 35.2 Å². The summed E-state index contributed by atoms with van der Waals surface area (Å²) in [6.07, 6.45) is 8.39. The van der Waals surface area contributed by atoms with E-state index in [4.69, 9.17) is 52.7 Å². The van der Waals surface area contributed by atoms with Gasteiger partial charge in [-0.25, -0.2) is 28.0 Å². The minimum atomic E-state index is -3.49. The lowest BCUT2D eigenvalue weighted by Crippen LogP contribution is -2.71. The van der Waals surface area contributed by atoms with Gasteiger partial charge in [0.15, 0.2) is 33.6 Å². The van der Waals surface area contributed by atoms with Crippen molar-refractivity contribution in [2.45, 2.75) is 183 Å². The fourth-order valence-electron chi connectivity index (χ4n) is 14.5. The molecule has 10 heterocycles. The molecule has 14 heteroatoms. The zero-order valence-electron chi connectivity index (χ0n) is 36.9. The molecule has 1 aromatic rings. The van der Waals surface area contributed by atoms with Gasteiger partial charge in [-0.1, -0.05) is 45.9 Å². The average molecular weight is 873 g/mol. The van der Waals surface area contributed by atoms with Gasteiger partial charge in [0.2, 0.25) is 11.6 Å². The van der Waals surface area contributed by atoms with Crippen LogP contribution in [0.25, 0.3) is 0 Å². The summed E-state index contributed by atoms with van der Waals surface area (Å²) in [5.41, 5.74) is -1.26. The monoisotopic (exact) mass is 872 g/mol. The molecular formula is C47H68O13S. The normalized spacial score (nSPS) is 53.6. The van der Waals surface area contributed by atoms with Crippen molar-refractivity contribution in [1.29, 1.82) is 0 Å². The van der Waals surface area contributed by atoms with E-state index in [1.54, 1.807) is 24.3 Å². The minimum Gasteiger partial charge on any atom is -0.346 e. The van der Waals surface area contributed by atoms with Gasteiger partial charge in [0.25, 0.3) is 5.97 Å². The Bertz CT molecular complexity index is 1810. The van der Waals surface area contributed by atoms with Crippen molar-refractivity contribution in [3.8, 4) is 0 Å². The van der Waals surface area contributed by atoms with Gasteiger partial charge in [0.1, 0.15) is 0 Å². The number of fused-ring (bicyclic) bond motifs is 6. The van der Waals surface area contributed by atoms with E-state index in [0.29, 0.717) is 67.5 Å². The summed E-state index contributed by atoms with van der Waals surface area (Å²) in [7, 11) is -3.49. The van der Waals surface area contributed by atoms with Crippen LogP contribution in [0.3, 0.4) is 0 Å². The van der Waals surface area contributed by atoms with Crippen LogP contribution in [-0.4, -0.2) is 87.0 Å². The first-order valence-electron chi connectivity index (χ1n) is 23.8. The average Bonchev–Trinajstić information content (AvgIpc) is 3.62. The fourth-order valence-corrected chi connectivity index (χ4v) is 15.8. The highest BCUT2D eigenvalue weighted by molar-refractivity contribution is 7.91. The highest BCUT2D eigenvalue weighted by Crippen LogP contribution is 2.63. The Morgan fingerprint density at radius 1 is 0.623 bits per heavy atom. The Morgan fingerprint density at radius 3 is 1.64 bits per heavy atom. The molecular weight excluding hydrogens is 805 g/mol. The molecule has 2 saturated carbocycles. The molecule has 61 heavy (non-hydrogen) atoms. The van der Waals surface area contributed by atoms with Crippen LogP contribution in [-0.2, 0) is 62.5 Å². The molecule has 12 aliphatic rings. The van der Waals surface area contributed by atoms with E-state index in [9.17, 15) is 8.42 Å². The number of benzene rings is 1. The highest BCUT2D eigenvalue weighted by Gasteiger charge is 2.71. The van der Waals surface area contributed by atoms with E-state index in [2.05, 4.69) is 27.7 Å². The van der Waals surface area contributed by atoms with Crippen molar-refractivity contribution in [3.05, 3.63) is 30.3 Å². The first kappa shape index (κ1) is 42.4. The molecule has 1 unspecified atom stereocenters. The van der Waals surface area contributed by atoms with Crippen LogP contribution in [0.4, 0.5) is 0 Å². The molecule has 2 spiro atoms. The standard InChI is InChI=1S/C47H68O13S/c1-27-13-15-36-29(3)38(52-41-46(36)34(27)17-20-43(5,55-41)57-59-46)23-31-25-50-45(19-10-22-61(48,49)33-11-8-7-9-12-33)51-26-32(40(31)54-45)24-39-30(4)37-16-14-28(2)35-18-21-44(6)56-42(53-39)47(35,37)60-58-44/h7-9,11-12,27-32,34-42H,10,13-26H2,1-6H3/t27-,28-,29-,30-,31-,32+,34+,35+,36+,37+,38-,39-,40-,41-,42-,43+,44+,45?,46-,47-/m1/s1. The Labute approximate surface area is 361 Å². The van der Waals surface area contributed by atoms with Gasteiger partial charge < -0.3 is 33.2 Å². The summed E-state index contributed by atoms with van der Waals surface area (Å²) in [6.45, 7) is 14.1. The molecule has 13 nitrogen and oxygen atoms in total. The third-order valence-electron chi connectivity index (χ3n) is 17.9. The van der Waals surface area contributed by atoms with E-state index >= 15 is 0 Å². The van der Waals surface area contributed by atoms with E-state index < -0.39 is 51.2 Å². The number of ether oxygens (including phenoxy) is 7. The lowest BCUT2D eigenvalue weighted by atomic mass is 9.57. The molecule has 2 aliphatic carbocycles. The predicted molar refractivity (Wildman–Crippen MR) is 217 cm³/mol. The third kappa shape index (κ3) is 6.72. The van der Waals surface area contributed by atoms with Crippen LogP contribution >= 0.6 is 0 Å². The molecule has 1 aromatic carbocycles. The molecule has 0 aromatic heterocycles. The van der Waals surface area contributed by atoms with Gasteiger partial charge in [-0.05, 0) is 119 Å². The Hall–Kier alpha value is -1.27. The first-order valence-corrected chi connectivity index (χ1v) is 25.5. The Morgan fingerprint density at radius 2 is 1.13 bits per heavy atom. The topological polar surface area (TPSA) is 136 Å². The van der Waals surface area contributed by atoms with Crippen LogP contribution in [0.1, 0.15) is 119 Å². The summed E-state index contributed by atoms with van der Waals surface area (Å²) in [6, 6.07) is 8.62. The number of hydrogen-bond acceptors (Lipinski definition) is 13. The van der Waals surface area contributed by atoms with E-state index in [1.807, 2.05) is 19.9 Å². The van der Waals surface area contributed by atoms with Crippen molar-refractivity contribution < 1.29 is 61.1 Å². The first-order chi connectivity index (χ1) is 29.2. The minimum absolute atomic E-state index is 0.0171. The maximum Gasteiger partial charge on any atom is 0.283 e. The van der Waals surface area contributed by atoms with Crippen LogP contribution < -0.4 is 0 Å². The number of rotatable bonds is 9. The van der Waals surface area contributed by atoms with Crippen LogP contribution in [0.2, 0.25) is 0 Å². The summed E-state index contributed by atoms with van der Waals surface area (Å²) in [4.78, 5) is 25.5. The van der Waals surface area contributed by atoms with E-state index in [1.165, 1.54) is 0 Å². The quantitative estimate of drug-likeness (QED) is 0.223. The van der Waals surface area contributed by atoms with E-state index in [-0.39, 0.29) is 59.6 Å². The molecule has 0 radical (unpaired) electrons. The third-order valence-corrected chi connectivity index (χ3v) is 19.8. The molecule has 10 aliphatic heterocycles. The molecule has 20 atom stereocenters. The lowest BCUT2D eigenvalue weighted by Gasteiger charge is -2.61. The van der Waals surface area contributed by atoms with Gasteiger partial charge in [-0.2, -0.15) is 0 Å². The van der Waals surface area contributed by atoms with Crippen molar-refractivity contribution in [2.24, 2.45) is 59.2 Å². The SMILES string of the molecule is C[C@H]1[C@@H](C[C@H]2COC3(CCCS(=O)(=O)c4ccccc4)OC[C@@H](C[C@H]4O[C@@H]5O[C@]6(C)CC[C@H]7[C@H](C)CC[C@@H]([C@H]4C)[C@@]57OO6)[C@H]2O3)O[C@@H]2O[C@]3(C)CC[C@H]4[C@H](C)CC[C@@H]1[C@@]24OO3. The molecule has 10 saturated heterocycles. The zero-order chi connectivity index (χ0) is 42.2. The molecule has 340 valence electrons. The predicted octanol–water partition coefficient (Wildman–Crippen LogP) is 7.85. The van der Waals surface area contributed by atoms with Gasteiger partial charge >= 0.3 is 0 Å². The lowest BCUT2D eigenvalue weighted by molar-refractivity contribution is -0.571. The van der Waals surface area contributed by atoms with Gasteiger partial charge in [0.05, 0.1) is 42.2 Å². The highest BCUT2D eigenvalue weighted by atomic mass is 32.2. The van der Waals surface area contributed by atoms with Crippen molar-refractivity contribution in [2.75, 3.05) is 19.0 Å². The van der Waals surface area contributed by atoms with Crippen molar-refractivity contribution in [1.82, 2.24) is 0 Å². The largest absolute Gasteiger partial charge is 0.346 e. The maximum absolute atomic E-state index is 13.3. The molecule has 0 amide bonds. The zero-order valence-corrected chi connectivity index (χ0v) is 37.7. The van der Waals surface area contributed by atoms with E-state index in [0.717, 1.165) is 51.4 Å². The Balaban J connectivity index is 0.858. The van der Waals surface area contributed by atoms with Gasteiger partial charge in [-0.3, -0.25) is 0 Å². The number of hydrogen-bond donors (Lipinski definition) is 0. The second kappa shape index (κ2) is 15.1. The summed E-state index contributed by atoms with van der Waals surface area (Å²) in [5, 5.41) is 0. The maximum atomic E-state index is 13.3. The summed E-state index contributed by atoms with van der Waals surface area (Å²) >= 11 is 0. The smallest absolute Gasteiger partial charge is 0.283 e. The van der Waals surface area contributed by atoms with Crippen molar-refractivity contribution >= 4 is 9.84 Å². The second-order valence-corrected chi connectivity index (χ2v) is 23.6. The fraction of sp³-hybridized carbons (Fsp3) is 0.872. The second-order valence-electron chi connectivity index (χ2n) is 21.5. The molecule has 13 rings (SSSR count). The Kier molecular flexibility index (Phi) is 10.5. The molecule has 0 N–H and O–H groups in total. The molecule has 6 bridgehead atoms. The van der Waals surface area contributed by atoms with Gasteiger partial charge in [0, 0.05) is 42.9 Å².